The standard InChI is InChI=1S/C17H30N2O3.Na/c1-3-4-5-6-7-8-9-10-11-12-16(20)19(14-17(21)22)15(2)13-18;/h15H,3-12,14H2,1-2H3,(H,21,22);/q;+1/p-1. The van der Waals surface area contributed by atoms with E-state index >= 15 is 0 Å². The fraction of sp³-hybridized carbons (Fsp3) is 0.824. The SMILES string of the molecule is CCCCCCCCCCCC(=O)N(CC(=O)[O-])C(C)C#N.[Na+]. The number of nitrogens with zero attached hydrogens (tertiary/aromatic N) is 2. The maximum Gasteiger partial charge on any atom is 1.00 e. The van der Waals surface area contributed by atoms with E-state index in [4.69, 9.17) is 5.26 Å². The van der Waals surface area contributed by atoms with Crippen LogP contribution in [-0.4, -0.2) is 29.4 Å². The van der Waals surface area contributed by atoms with Gasteiger partial charge in [-0.1, -0.05) is 58.3 Å². The Bertz CT molecular complexity index is 369. The van der Waals surface area contributed by atoms with Gasteiger partial charge in [0, 0.05) is 6.42 Å². The van der Waals surface area contributed by atoms with Crippen LogP contribution in [0.1, 0.15) is 78.1 Å². The summed E-state index contributed by atoms with van der Waals surface area (Å²) in [4.78, 5) is 23.7. The first-order chi connectivity index (χ1) is 10.5. The van der Waals surface area contributed by atoms with Gasteiger partial charge < -0.3 is 14.8 Å². The van der Waals surface area contributed by atoms with Crippen molar-refractivity contribution in [3.63, 3.8) is 0 Å². The number of rotatable bonds is 13. The quantitative estimate of drug-likeness (QED) is 0.333. The Balaban J connectivity index is 0. The summed E-state index contributed by atoms with van der Waals surface area (Å²) in [6.45, 7) is 3.22. The minimum Gasteiger partial charge on any atom is -0.548 e. The van der Waals surface area contributed by atoms with Crippen molar-refractivity contribution in [1.82, 2.24) is 4.90 Å². The third-order valence-electron chi connectivity index (χ3n) is 3.77. The Morgan fingerprint density at radius 1 is 1.04 bits per heavy atom. The molecular weight excluding hydrogens is 303 g/mol. The number of carboxylic acid groups (broad SMARTS) is 1. The fourth-order valence-electron chi connectivity index (χ4n) is 2.38. The molecule has 23 heavy (non-hydrogen) atoms. The number of hydrogen-bond donors (Lipinski definition) is 0. The van der Waals surface area contributed by atoms with Crippen LogP contribution in [0.3, 0.4) is 0 Å². The van der Waals surface area contributed by atoms with Gasteiger partial charge in [0.05, 0.1) is 18.6 Å². The van der Waals surface area contributed by atoms with Gasteiger partial charge in [0.15, 0.2) is 0 Å². The molecule has 0 spiro atoms. The molecule has 0 fully saturated rings. The van der Waals surface area contributed by atoms with Crippen LogP contribution < -0.4 is 34.7 Å². The van der Waals surface area contributed by atoms with Gasteiger partial charge in [-0.3, -0.25) is 4.79 Å². The predicted molar refractivity (Wildman–Crippen MR) is 83.6 cm³/mol. The molecule has 0 radical (unpaired) electrons. The van der Waals surface area contributed by atoms with Gasteiger partial charge in [-0.2, -0.15) is 5.26 Å². The third kappa shape index (κ3) is 13.6. The maximum atomic E-state index is 12.0. The minimum atomic E-state index is -1.33. The number of nitriles is 1. The molecule has 0 aromatic rings. The van der Waals surface area contributed by atoms with Crippen LogP contribution >= 0.6 is 0 Å². The molecular formula is C17H29N2NaO3. The van der Waals surface area contributed by atoms with Gasteiger partial charge in [0.25, 0.3) is 0 Å². The number of carboxylic acids is 1. The molecule has 1 amide bonds. The molecule has 0 aliphatic carbocycles. The van der Waals surface area contributed by atoms with Crippen molar-refractivity contribution in [3.8, 4) is 6.07 Å². The van der Waals surface area contributed by atoms with E-state index in [1.54, 1.807) is 0 Å². The molecule has 0 aliphatic rings. The van der Waals surface area contributed by atoms with Crippen LogP contribution in [0.5, 0.6) is 0 Å². The zero-order chi connectivity index (χ0) is 16.8. The van der Waals surface area contributed by atoms with Crippen molar-refractivity contribution >= 4 is 11.9 Å². The van der Waals surface area contributed by atoms with Gasteiger partial charge in [-0.05, 0) is 13.3 Å². The minimum absolute atomic E-state index is 0. The molecule has 0 heterocycles. The van der Waals surface area contributed by atoms with E-state index < -0.39 is 18.6 Å². The molecule has 0 saturated carbocycles. The second-order valence-electron chi connectivity index (χ2n) is 5.78. The summed E-state index contributed by atoms with van der Waals surface area (Å²) in [6.07, 6.45) is 10.7. The van der Waals surface area contributed by atoms with Crippen molar-refractivity contribution in [2.75, 3.05) is 6.54 Å². The summed E-state index contributed by atoms with van der Waals surface area (Å²) in [5, 5.41) is 19.5. The van der Waals surface area contributed by atoms with Crippen LogP contribution in [0, 0.1) is 11.3 Å². The van der Waals surface area contributed by atoms with E-state index in [1.165, 1.54) is 45.4 Å². The van der Waals surface area contributed by atoms with Crippen LogP contribution in [0.15, 0.2) is 0 Å². The maximum absolute atomic E-state index is 12.0. The van der Waals surface area contributed by atoms with Gasteiger partial charge in [-0.15, -0.1) is 0 Å². The number of unbranched alkanes of at least 4 members (excludes halogenated alkanes) is 8. The summed E-state index contributed by atoms with van der Waals surface area (Å²) in [6, 6.07) is 1.17. The number of amides is 1. The zero-order valence-corrected chi connectivity index (χ0v) is 17.0. The van der Waals surface area contributed by atoms with E-state index in [9.17, 15) is 14.7 Å². The van der Waals surface area contributed by atoms with Gasteiger partial charge >= 0.3 is 29.6 Å². The zero-order valence-electron chi connectivity index (χ0n) is 15.0. The average Bonchev–Trinajstić information content (AvgIpc) is 2.49. The van der Waals surface area contributed by atoms with Crippen molar-refractivity contribution < 1.29 is 44.3 Å². The molecule has 5 nitrogen and oxygen atoms in total. The normalized spacial score (nSPS) is 11.2. The summed E-state index contributed by atoms with van der Waals surface area (Å²) in [5.41, 5.74) is 0. The van der Waals surface area contributed by atoms with Crippen molar-refractivity contribution in [3.05, 3.63) is 0 Å². The third-order valence-corrected chi connectivity index (χ3v) is 3.77. The van der Waals surface area contributed by atoms with Crippen LogP contribution in [0.25, 0.3) is 0 Å². The van der Waals surface area contributed by atoms with Crippen molar-refractivity contribution in [1.29, 1.82) is 5.26 Å². The molecule has 126 valence electrons. The Morgan fingerprint density at radius 3 is 1.96 bits per heavy atom. The Labute approximate surface area is 162 Å². The molecule has 0 aromatic heterocycles. The van der Waals surface area contributed by atoms with Crippen LogP contribution in [0.4, 0.5) is 0 Å². The second kappa shape index (κ2) is 16.3. The summed E-state index contributed by atoms with van der Waals surface area (Å²) < 4.78 is 0. The topological polar surface area (TPSA) is 84.2 Å². The van der Waals surface area contributed by atoms with E-state index in [-0.39, 0.29) is 35.5 Å². The van der Waals surface area contributed by atoms with Gasteiger partial charge in [0.1, 0.15) is 6.04 Å². The number of carbonyl (C=O) groups is 2. The summed E-state index contributed by atoms with van der Waals surface area (Å²) in [5.74, 6) is -1.61. The first-order valence-electron chi connectivity index (χ1n) is 8.41. The number of carbonyl (C=O) groups excluding carboxylic acids is 2. The Morgan fingerprint density at radius 2 is 1.52 bits per heavy atom. The largest absolute Gasteiger partial charge is 1.00 e. The van der Waals surface area contributed by atoms with Crippen molar-refractivity contribution in [2.45, 2.75) is 84.1 Å². The molecule has 0 aliphatic heterocycles. The fourth-order valence-corrected chi connectivity index (χ4v) is 2.38. The van der Waals surface area contributed by atoms with E-state index in [1.807, 2.05) is 6.07 Å². The number of aliphatic carboxylic acids is 1. The van der Waals surface area contributed by atoms with Crippen molar-refractivity contribution in [2.24, 2.45) is 0 Å². The monoisotopic (exact) mass is 332 g/mol. The molecule has 1 unspecified atom stereocenters. The predicted octanol–water partition coefficient (Wildman–Crippen LogP) is -0.598. The van der Waals surface area contributed by atoms with Gasteiger partial charge in [-0.25, -0.2) is 0 Å². The molecule has 0 bridgehead atoms. The van der Waals surface area contributed by atoms with E-state index in [0.717, 1.165) is 24.2 Å². The van der Waals surface area contributed by atoms with E-state index in [0.29, 0.717) is 6.42 Å². The molecule has 0 rings (SSSR count). The first kappa shape index (κ1) is 24.7. The summed E-state index contributed by atoms with van der Waals surface area (Å²) >= 11 is 0. The smallest absolute Gasteiger partial charge is 0.548 e. The van der Waals surface area contributed by atoms with E-state index in [2.05, 4.69) is 6.92 Å². The molecule has 0 N–H and O–H groups in total. The molecule has 1 atom stereocenters. The van der Waals surface area contributed by atoms with Crippen LogP contribution in [-0.2, 0) is 9.59 Å². The Hall–Kier alpha value is -0.570. The Kier molecular flexibility index (Phi) is 17.5. The summed E-state index contributed by atoms with van der Waals surface area (Å²) in [7, 11) is 0. The second-order valence-corrected chi connectivity index (χ2v) is 5.78. The molecule has 0 aromatic carbocycles. The average molecular weight is 332 g/mol. The number of hydrogen-bond acceptors (Lipinski definition) is 4. The van der Waals surface area contributed by atoms with Gasteiger partial charge in [0.2, 0.25) is 5.91 Å². The molecule has 0 saturated heterocycles. The molecule has 6 heteroatoms. The van der Waals surface area contributed by atoms with Crippen LogP contribution in [0.2, 0.25) is 0 Å². The first-order valence-corrected chi connectivity index (χ1v) is 8.41.